The monoisotopic (exact) mass is 234 g/mol. The van der Waals surface area contributed by atoms with Crippen LogP contribution in [-0.4, -0.2) is 19.5 Å². The second-order valence-electron chi connectivity index (χ2n) is 4.31. The average Bonchev–Trinajstić information content (AvgIpc) is 3.15. The summed E-state index contributed by atoms with van der Waals surface area (Å²) in [6.07, 6.45) is 4.52. The summed E-state index contributed by atoms with van der Waals surface area (Å²) in [6.45, 7) is 3.15. The van der Waals surface area contributed by atoms with Crippen LogP contribution in [-0.2, 0) is 0 Å². The van der Waals surface area contributed by atoms with Crippen molar-refractivity contribution in [2.45, 2.75) is 26.2 Å². The van der Waals surface area contributed by atoms with E-state index in [1.165, 1.54) is 12.8 Å². The Kier molecular flexibility index (Phi) is 4.02. The maximum absolute atomic E-state index is 11.0. The maximum Gasteiger partial charge on any atom is 0.171 e. The molecule has 0 N–H and O–H groups in total. The molecule has 3 nitrogen and oxygen atoms in total. The van der Waals surface area contributed by atoms with Crippen LogP contribution in [0, 0.1) is 5.92 Å². The summed E-state index contributed by atoms with van der Waals surface area (Å²) in [5.41, 5.74) is 0.562. The Bertz CT molecular complexity index is 383. The first-order valence-corrected chi connectivity index (χ1v) is 6.19. The topological polar surface area (TPSA) is 35.5 Å². The molecule has 17 heavy (non-hydrogen) atoms. The highest BCUT2D eigenvalue weighted by Crippen LogP contribution is 2.34. The molecule has 2 rings (SSSR count). The van der Waals surface area contributed by atoms with Gasteiger partial charge in [0.05, 0.1) is 18.8 Å². The van der Waals surface area contributed by atoms with Gasteiger partial charge in [-0.15, -0.1) is 0 Å². The van der Waals surface area contributed by atoms with Gasteiger partial charge in [-0.1, -0.05) is 18.9 Å². The second kappa shape index (κ2) is 5.71. The van der Waals surface area contributed by atoms with E-state index in [-0.39, 0.29) is 0 Å². The van der Waals surface area contributed by atoms with E-state index in [1.54, 1.807) is 6.07 Å². The number of hydrogen-bond acceptors (Lipinski definition) is 3. The lowest BCUT2D eigenvalue weighted by atomic mass is 10.2. The summed E-state index contributed by atoms with van der Waals surface area (Å²) in [7, 11) is 0. The molecule has 0 amide bonds. The van der Waals surface area contributed by atoms with Crippen LogP contribution in [0.25, 0.3) is 0 Å². The molecule has 0 unspecified atom stereocenters. The van der Waals surface area contributed by atoms with E-state index in [4.69, 9.17) is 9.47 Å². The van der Waals surface area contributed by atoms with Gasteiger partial charge in [0.1, 0.15) is 0 Å². The molecule has 0 atom stereocenters. The lowest BCUT2D eigenvalue weighted by Gasteiger charge is -2.13. The minimum Gasteiger partial charge on any atom is -0.490 e. The smallest absolute Gasteiger partial charge is 0.171 e. The molecule has 0 heterocycles. The molecule has 0 spiro atoms. The zero-order valence-corrected chi connectivity index (χ0v) is 10.1. The first-order valence-electron chi connectivity index (χ1n) is 6.19. The first kappa shape index (κ1) is 12.0. The lowest BCUT2D eigenvalue weighted by molar-refractivity contribution is 0.111. The Hall–Kier alpha value is -1.51. The van der Waals surface area contributed by atoms with Crippen molar-refractivity contribution >= 4 is 6.29 Å². The fourth-order valence-corrected chi connectivity index (χ4v) is 1.78. The SMILES string of the molecule is CCOc1cccc(C=O)c1OCCC1CC1. The van der Waals surface area contributed by atoms with Gasteiger partial charge in [0.25, 0.3) is 0 Å². The van der Waals surface area contributed by atoms with Crippen molar-refractivity contribution in [1.82, 2.24) is 0 Å². The van der Waals surface area contributed by atoms with Crippen LogP contribution in [0.5, 0.6) is 11.5 Å². The summed E-state index contributed by atoms with van der Waals surface area (Å²) in [5.74, 6) is 2.08. The number of hydrogen-bond donors (Lipinski definition) is 0. The second-order valence-corrected chi connectivity index (χ2v) is 4.31. The van der Waals surface area contributed by atoms with Gasteiger partial charge in [0, 0.05) is 0 Å². The van der Waals surface area contributed by atoms with Gasteiger partial charge in [-0.3, -0.25) is 4.79 Å². The Labute approximate surface area is 102 Å². The summed E-state index contributed by atoms with van der Waals surface area (Å²) in [6, 6.07) is 5.40. The molecule has 92 valence electrons. The fraction of sp³-hybridized carbons (Fsp3) is 0.500. The molecule has 1 aliphatic carbocycles. The predicted molar refractivity (Wildman–Crippen MR) is 65.8 cm³/mol. The van der Waals surface area contributed by atoms with Crippen molar-refractivity contribution in [3.05, 3.63) is 23.8 Å². The fourth-order valence-electron chi connectivity index (χ4n) is 1.78. The Balaban J connectivity index is 2.05. The number of benzene rings is 1. The third-order valence-corrected chi connectivity index (χ3v) is 2.91. The summed E-state index contributed by atoms with van der Waals surface area (Å²) in [5, 5.41) is 0. The molecule has 1 aromatic carbocycles. The molecule has 1 saturated carbocycles. The zero-order chi connectivity index (χ0) is 12.1. The van der Waals surface area contributed by atoms with Gasteiger partial charge in [0.15, 0.2) is 17.8 Å². The molecule has 3 heteroatoms. The van der Waals surface area contributed by atoms with E-state index in [0.29, 0.717) is 30.3 Å². The standard InChI is InChI=1S/C14H18O3/c1-2-16-13-5-3-4-12(10-15)14(13)17-9-8-11-6-7-11/h3-5,10-11H,2,6-9H2,1H3. The van der Waals surface area contributed by atoms with E-state index < -0.39 is 0 Å². The van der Waals surface area contributed by atoms with E-state index in [2.05, 4.69) is 0 Å². The third kappa shape index (κ3) is 3.22. The minimum absolute atomic E-state index is 0.562. The Morgan fingerprint density at radius 3 is 2.82 bits per heavy atom. The molecule has 0 bridgehead atoms. The van der Waals surface area contributed by atoms with Gasteiger partial charge < -0.3 is 9.47 Å². The van der Waals surface area contributed by atoms with E-state index >= 15 is 0 Å². The van der Waals surface area contributed by atoms with Crippen LogP contribution in [0.1, 0.15) is 36.5 Å². The molecular formula is C14H18O3. The van der Waals surface area contributed by atoms with Crippen LogP contribution in [0.3, 0.4) is 0 Å². The van der Waals surface area contributed by atoms with Gasteiger partial charge in [-0.2, -0.15) is 0 Å². The van der Waals surface area contributed by atoms with Crippen molar-refractivity contribution in [2.24, 2.45) is 5.92 Å². The molecule has 1 fully saturated rings. The van der Waals surface area contributed by atoms with Crippen molar-refractivity contribution in [1.29, 1.82) is 0 Å². The first-order chi connectivity index (χ1) is 8.35. The number of ether oxygens (including phenoxy) is 2. The molecule has 0 aromatic heterocycles. The van der Waals surface area contributed by atoms with E-state index in [9.17, 15) is 4.79 Å². The third-order valence-electron chi connectivity index (χ3n) is 2.91. The highest BCUT2D eigenvalue weighted by atomic mass is 16.5. The molecule has 0 saturated heterocycles. The van der Waals surface area contributed by atoms with Crippen molar-refractivity contribution in [3.63, 3.8) is 0 Å². The minimum atomic E-state index is 0.562. The summed E-state index contributed by atoms with van der Waals surface area (Å²) >= 11 is 0. The van der Waals surface area contributed by atoms with Crippen LogP contribution in [0.15, 0.2) is 18.2 Å². The van der Waals surface area contributed by atoms with Crippen molar-refractivity contribution < 1.29 is 14.3 Å². The van der Waals surface area contributed by atoms with Crippen molar-refractivity contribution in [2.75, 3.05) is 13.2 Å². The summed E-state index contributed by atoms with van der Waals surface area (Å²) < 4.78 is 11.2. The summed E-state index contributed by atoms with van der Waals surface area (Å²) in [4.78, 5) is 11.0. The Morgan fingerprint density at radius 1 is 1.35 bits per heavy atom. The lowest BCUT2D eigenvalue weighted by Crippen LogP contribution is -2.04. The Morgan fingerprint density at radius 2 is 2.18 bits per heavy atom. The highest BCUT2D eigenvalue weighted by molar-refractivity contribution is 5.81. The number of para-hydroxylation sites is 1. The van der Waals surface area contributed by atoms with Crippen molar-refractivity contribution in [3.8, 4) is 11.5 Å². The van der Waals surface area contributed by atoms with Gasteiger partial charge in [-0.05, 0) is 31.4 Å². The number of aldehydes is 1. The predicted octanol–water partition coefficient (Wildman–Crippen LogP) is 3.08. The normalized spacial score (nSPS) is 14.4. The molecule has 0 radical (unpaired) electrons. The van der Waals surface area contributed by atoms with E-state index in [1.807, 2.05) is 19.1 Å². The van der Waals surface area contributed by atoms with E-state index in [0.717, 1.165) is 18.6 Å². The average molecular weight is 234 g/mol. The number of carbonyl (C=O) groups is 1. The quantitative estimate of drug-likeness (QED) is 0.680. The number of carbonyl (C=O) groups excluding carboxylic acids is 1. The molecular weight excluding hydrogens is 216 g/mol. The molecule has 0 aliphatic heterocycles. The van der Waals surface area contributed by atoms with Crippen LogP contribution in [0.2, 0.25) is 0 Å². The number of rotatable bonds is 7. The zero-order valence-electron chi connectivity index (χ0n) is 10.1. The van der Waals surface area contributed by atoms with Crippen LogP contribution < -0.4 is 9.47 Å². The van der Waals surface area contributed by atoms with Gasteiger partial charge in [0.2, 0.25) is 0 Å². The van der Waals surface area contributed by atoms with Crippen LogP contribution >= 0.6 is 0 Å². The molecule has 1 aromatic rings. The van der Waals surface area contributed by atoms with Gasteiger partial charge >= 0.3 is 0 Å². The highest BCUT2D eigenvalue weighted by Gasteiger charge is 2.21. The van der Waals surface area contributed by atoms with Crippen LogP contribution in [0.4, 0.5) is 0 Å². The van der Waals surface area contributed by atoms with Gasteiger partial charge in [-0.25, -0.2) is 0 Å². The molecule has 1 aliphatic rings. The maximum atomic E-state index is 11.0. The largest absolute Gasteiger partial charge is 0.490 e.